The number of aliphatic hydroxyl groups is 1. The van der Waals surface area contributed by atoms with E-state index in [0.717, 1.165) is 6.92 Å². The van der Waals surface area contributed by atoms with E-state index < -0.39 is 41.7 Å². The number of aliphatic carboxylic acids is 3. The molecular weight excluding hydrogens is 971 g/mol. The van der Waals surface area contributed by atoms with Gasteiger partial charge >= 0.3 is 34.3 Å². The molecule has 0 aromatic heterocycles. The summed E-state index contributed by atoms with van der Waals surface area (Å²) in [5.41, 5.74) is 57.0. The van der Waals surface area contributed by atoms with Crippen LogP contribution in [-0.4, -0.2) is 103 Å². The van der Waals surface area contributed by atoms with Crippen LogP contribution in [0.5, 0.6) is 0 Å². The molecule has 0 radical (unpaired) electrons. The van der Waals surface area contributed by atoms with Crippen molar-refractivity contribution in [1.29, 1.82) is 0 Å². The SMILES string of the molecule is C.C=C=C=C=C=C=C=C=C=C=C=C=C=C=C=C=C=C=C=C=C=C=C=S.CC(=O)O.CN1[CH-]N(CCCO)C(Cl)=C1Cl.NC(CCC(=O)NC(CS)C(=O)CCC(=O)O)C(=O)O.[Ag+]. The Balaban J connectivity index is -0.000000256. The summed E-state index contributed by atoms with van der Waals surface area (Å²) in [6.45, 7) is 7.04. The smallest absolute Gasteiger partial charge is 0.494 e. The average Bonchev–Trinajstić information content (AvgIpc) is 3.45. The molecule has 1 rings (SSSR count). The van der Waals surface area contributed by atoms with Crippen LogP contribution >= 0.6 is 48.0 Å². The van der Waals surface area contributed by atoms with Gasteiger partial charge in [0.15, 0.2) is 5.78 Å². The fraction of sp³-hybridized carbons (Fsp3) is 0.295. The number of carbonyl (C=O) groups is 5. The number of amides is 1. The predicted octanol–water partition coefficient (Wildman–Crippen LogP) is 5.12. The Labute approximate surface area is 396 Å². The molecule has 0 bridgehead atoms. The van der Waals surface area contributed by atoms with Crippen LogP contribution in [0.2, 0.25) is 0 Å². The van der Waals surface area contributed by atoms with Crippen LogP contribution < -0.4 is 11.1 Å². The normalized spacial score (nSPS) is 9.66. The van der Waals surface area contributed by atoms with Crippen LogP contribution in [-0.2, 0) is 46.4 Å². The number of nitrogens with zero attached hydrogens (tertiary/aromatic N) is 2. The fourth-order valence-corrected chi connectivity index (χ4v) is 3.67. The minimum atomic E-state index is -1.21. The van der Waals surface area contributed by atoms with Crippen molar-refractivity contribution >= 4 is 82.7 Å². The zero-order chi connectivity index (χ0) is 46.0. The van der Waals surface area contributed by atoms with Crippen molar-refractivity contribution in [2.24, 2.45) is 5.73 Å². The number of carbonyl (C=O) groups excluding carboxylic acids is 2. The van der Waals surface area contributed by atoms with Gasteiger partial charge in [0.2, 0.25) is 5.91 Å². The Morgan fingerprint density at radius 2 is 1.19 bits per heavy atom. The maximum absolute atomic E-state index is 11.6. The van der Waals surface area contributed by atoms with Crippen LogP contribution in [0, 0.1) is 6.67 Å². The number of hydrogen-bond donors (Lipinski definition) is 7. The number of nitrogens with one attached hydrogen (secondary N) is 1. The molecule has 0 saturated carbocycles. The molecule has 326 valence electrons. The van der Waals surface area contributed by atoms with Crippen molar-refractivity contribution in [2.75, 3.05) is 26.0 Å². The minimum Gasteiger partial charge on any atom is -0.494 e. The zero-order valence-corrected chi connectivity index (χ0v) is 37.0. The van der Waals surface area contributed by atoms with Gasteiger partial charge in [-0.2, -0.15) is 19.3 Å². The molecule has 13 nitrogen and oxygen atoms in total. The minimum absolute atomic E-state index is 0. The van der Waals surface area contributed by atoms with E-state index in [1.54, 1.807) is 16.5 Å². The largest absolute Gasteiger partial charge is 1.00 e. The van der Waals surface area contributed by atoms with Crippen molar-refractivity contribution in [3.05, 3.63) is 144 Å². The van der Waals surface area contributed by atoms with Crippen LogP contribution in [0.4, 0.5) is 0 Å². The van der Waals surface area contributed by atoms with Crippen molar-refractivity contribution in [2.45, 2.75) is 58.5 Å². The summed E-state index contributed by atoms with van der Waals surface area (Å²) in [5.74, 6) is -4.06. The molecule has 62 heavy (non-hydrogen) atoms. The van der Waals surface area contributed by atoms with Gasteiger partial charge < -0.3 is 41.3 Å². The summed E-state index contributed by atoms with van der Waals surface area (Å²) < 4.78 is 0. The van der Waals surface area contributed by atoms with Gasteiger partial charge in [0, 0.05) is 106 Å². The summed E-state index contributed by atoms with van der Waals surface area (Å²) in [7, 11) is 1.82. The topological polar surface area (TPSA) is 211 Å². The maximum atomic E-state index is 11.6. The number of aliphatic hydroxyl groups excluding tert-OH is 1. The number of hydrogen-bond acceptors (Lipinski definition) is 11. The average molecular weight is 1010 g/mol. The Hall–Kier alpha value is -6.27. The summed E-state index contributed by atoms with van der Waals surface area (Å²) in [4.78, 5) is 56.5. The second-order valence-electron chi connectivity index (χ2n) is 10.0. The van der Waals surface area contributed by atoms with E-state index in [0.29, 0.717) is 23.3 Å². The first-order valence-corrected chi connectivity index (χ1v) is 18.1. The molecule has 1 aliphatic heterocycles. The second kappa shape index (κ2) is 45.8. The first-order valence-electron chi connectivity index (χ1n) is 16.3. The first kappa shape index (κ1) is 64.9. The van der Waals surface area contributed by atoms with Crippen LogP contribution in [0.3, 0.4) is 0 Å². The van der Waals surface area contributed by atoms with Crippen LogP contribution in [0.1, 0.15) is 46.5 Å². The van der Waals surface area contributed by atoms with Gasteiger partial charge in [-0.25, -0.2) is 0 Å². The number of halogens is 2. The number of Topliss-reactive ketones (excluding diaryl/α,β-unsaturated/α-hetero) is 1. The predicted molar refractivity (Wildman–Crippen MR) is 234 cm³/mol. The molecule has 0 saturated heterocycles. The molecule has 1 amide bonds. The summed E-state index contributed by atoms with van der Waals surface area (Å²) in [6, 6.07) is -2.02. The molecule has 0 spiro atoms. The van der Waals surface area contributed by atoms with Crippen molar-refractivity contribution in [3.63, 3.8) is 0 Å². The van der Waals surface area contributed by atoms with Gasteiger partial charge in [0.05, 0.1) is 12.5 Å². The van der Waals surface area contributed by atoms with Crippen molar-refractivity contribution in [1.82, 2.24) is 15.1 Å². The monoisotopic (exact) mass is 1010 g/mol. The molecule has 1 aliphatic rings. The van der Waals surface area contributed by atoms with Crippen molar-refractivity contribution in [3.8, 4) is 0 Å². The molecule has 0 aliphatic carbocycles. The Morgan fingerprint density at radius 3 is 1.50 bits per heavy atom. The summed E-state index contributed by atoms with van der Waals surface area (Å²) in [5, 5.41) is 38.7. The number of thiol groups is 1. The first-order chi connectivity index (χ1) is 28.6. The molecule has 2 unspecified atom stereocenters. The van der Waals surface area contributed by atoms with Gasteiger partial charge in [-0.1, -0.05) is 36.4 Å². The Kier molecular flexibility index (Phi) is 47.9. The van der Waals surface area contributed by atoms with E-state index in [2.05, 4.69) is 162 Å². The third-order valence-corrected chi connectivity index (χ3v) is 6.83. The van der Waals surface area contributed by atoms with Crippen LogP contribution in [0.15, 0.2) is 137 Å². The quantitative estimate of drug-likeness (QED) is 0.0320. The maximum Gasteiger partial charge on any atom is 1.00 e. The van der Waals surface area contributed by atoms with E-state index in [4.69, 9.17) is 54.2 Å². The third kappa shape index (κ3) is 43.3. The van der Waals surface area contributed by atoms with Gasteiger partial charge in [-0.3, -0.25) is 24.0 Å². The van der Waals surface area contributed by atoms with E-state index in [1.807, 2.05) is 7.05 Å². The Bertz CT molecular complexity index is 2360. The molecule has 7 N–H and O–H groups in total. The van der Waals surface area contributed by atoms with E-state index in [9.17, 15) is 19.2 Å². The second-order valence-corrected chi connectivity index (χ2v) is 11.3. The number of nitrogens with two attached hydrogens (primary N) is 1. The van der Waals surface area contributed by atoms with E-state index >= 15 is 0 Å². The molecule has 1 heterocycles. The molecule has 0 fully saturated rings. The van der Waals surface area contributed by atoms with E-state index in [-0.39, 0.29) is 67.8 Å². The summed E-state index contributed by atoms with van der Waals surface area (Å²) >= 11 is 20.0. The molecule has 18 heteroatoms. The number of ketones is 1. The van der Waals surface area contributed by atoms with Gasteiger partial charge in [-0.05, 0) is 91.1 Å². The van der Waals surface area contributed by atoms with Gasteiger partial charge in [-0.15, -0.1) is 0 Å². The molecule has 2 atom stereocenters. The number of carboxylic acid groups (broad SMARTS) is 3. The van der Waals surface area contributed by atoms with E-state index in [1.165, 1.54) is 0 Å². The van der Waals surface area contributed by atoms with Gasteiger partial charge in [0.1, 0.15) is 16.4 Å². The number of rotatable bonds is 13. The molecular formula is C44H39AgCl2N4O9S2. The van der Waals surface area contributed by atoms with Crippen molar-refractivity contribution < 1.29 is 66.8 Å². The van der Waals surface area contributed by atoms with Crippen LogP contribution in [0.25, 0.3) is 0 Å². The summed E-state index contributed by atoms with van der Waals surface area (Å²) in [6.07, 6.45) is -0.0171. The molecule has 0 aromatic carbocycles. The Morgan fingerprint density at radius 1 is 0.790 bits per heavy atom. The molecule has 0 aromatic rings. The number of thiocarbonyl (C=S) groups is 1. The number of carboxylic acids is 3. The standard InChI is InChI=1S/C23H2S.C11H18N2O6S.C7H11Cl2N2O.C2H4O2.CH4.Ag/c1-2-3-4-5-6-7-8-9-10-11-12-13-14-15-16-17-18-19-20-21-22-23-24;12-6(11(18)19)1-3-9(15)13-7(5-20)8(14)2-4-10(16)17;1-10-5-11(3-2-4-12)7(9)6(10)8;1-2(3)4;;/h1H2;6-7,20H,1-5,12H2,(H,13,15)(H,16,17)(H,18,19);5,12H,2-4H2,1H3;1H3,(H,3,4);1H4;/q;;-1;;;+1. The van der Waals surface area contributed by atoms with Gasteiger partial charge in [0.25, 0.3) is 5.97 Å². The third-order valence-electron chi connectivity index (χ3n) is 5.42. The zero-order valence-electron chi connectivity index (χ0n) is 32.3. The fourth-order valence-electron chi connectivity index (χ4n) is 2.91.